The zero-order valence-electron chi connectivity index (χ0n) is 17.8. The number of thioether (sulfide) groups is 1. The van der Waals surface area contributed by atoms with Gasteiger partial charge in [0, 0.05) is 23.8 Å². The van der Waals surface area contributed by atoms with Gasteiger partial charge >= 0.3 is 5.97 Å². The minimum atomic E-state index is -0.648. The fourth-order valence-electron chi connectivity index (χ4n) is 2.66. The highest BCUT2D eigenvalue weighted by Crippen LogP contribution is 2.30. The molecular weight excluding hydrogens is 488 g/mol. The molecule has 1 aliphatic rings. The van der Waals surface area contributed by atoms with Crippen LogP contribution in [0.4, 0.5) is 5.69 Å². The lowest BCUT2D eigenvalue weighted by Gasteiger charge is -2.12. The molecule has 1 aliphatic heterocycles. The van der Waals surface area contributed by atoms with Crippen molar-refractivity contribution < 1.29 is 28.7 Å². The van der Waals surface area contributed by atoms with Gasteiger partial charge in [0.05, 0.1) is 35.3 Å². The van der Waals surface area contributed by atoms with E-state index in [0.717, 1.165) is 17.8 Å². The number of rotatable bonds is 8. The van der Waals surface area contributed by atoms with E-state index in [9.17, 15) is 19.7 Å². The van der Waals surface area contributed by atoms with Crippen LogP contribution >= 0.6 is 23.4 Å². The molecule has 34 heavy (non-hydrogen) atoms. The summed E-state index contributed by atoms with van der Waals surface area (Å²) in [6.07, 6.45) is 2.53. The summed E-state index contributed by atoms with van der Waals surface area (Å²) in [6.45, 7) is 0.0739. The molecule has 1 amide bonds. The summed E-state index contributed by atoms with van der Waals surface area (Å²) in [5.74, 6) is -0.286. The molecule has 0 spiro atoms. The number of nitro groups is 1. The van der Waals surface area contributed by atoms with Crippen molar-refractivity contribution in [2.24, 2.45) is 10.2 Å². The highest BCUT2D eigenvalue weighted by Gasteiger charge is 2.25. The van der Waals surface area contributed by atoms with Crippen LogP contribution in [-0.2, 0) is 20.9 Å². The summed E-state index contributed by atoms with van der Waals surface area (Å²) >= 11 is 7.03. The van der Waals surface area contributed by atoms with Crippen molar-refractivity contribution in [1.29, 1.82) is 0 Å². The van der Waals surface area contributed by atoms with E-state index in [0.29, 0.717) is 16.9 Å². The third-order valence-corrected chi connectivity index (χ3v) is 5.47. The summed E-state index contributed by atoms with van der Waals surface area (Å²) in [7, 11) is 2.72. The zero-order valence-corrected chi connectivity index (χ0v) is 19.4. The average molecular weight is 505 g/mol. The summed E-state index contributed by atoms with van der Waals surface area (Å²) in [5.41, 5.74) is 1.19. The summed E-state index contributed by atoms with van der Waals surface area (Å²) in [6, 6.07) is 9.14. The van der Waals surface area contributed by atoms with Crippen LogP contribution < -0.4 is 14.8 Å². The van der Waals surface area contributed by atoms with Gasteiger partial charge in [-0.3, -0.25) is 20.2 Å². The number of ether oxygens (including phenoxy) is 3. The van der Waals surface area contributed by atoms with Gasteiger partial charge in [-0.05, 0) is 41.6 Å². The minimum absolute atomic E-state index is 0.0739. The Morgan fingerprint density at radius 1 is 1.24 bits per heavy atom. The quantitative estimate of drug-likeness (QED) is 0.189. The molecule has 0 saturated carbocycles. The second-order valence-electron chi connectivity index (χ2n) is 6.47. The maximum atomic E-state index is 11.8. The average Bonchev–Trinajstić information content (AvgIpc) is 3.16. The molecule has 1 heterocycles. The molecule has 1 saturated heterocycles. The number of non-ortho nitro benzene ring substituents is 1. The van der Waals surface area contributed by atoms with E-state index in [1.807, 2.05) is 0 Å². The molecule has 0 unspecified atom stereocenters. The number of hydrogen-bond acceptors (Lipinski definition) is 10. The fourth-order valence-corrected chi connectivity index (χ4v) is 3.62. The SMILES string of the molecule is COC(=O)/C=C1/S/C(=N\N=Cc2ccc(OC)c(COc3ccc([N+](=O)[O-])cc3Cl)c2)NC1=O. The number of carbonyl (C=O) groups is 2. The van der Waals surface area contributed by atoms with Crippen LogP contribution in [0.1, 0.15) is 11.1 Å². The summed E-state index contributed by atoms with van der Waals surface area (Å²) in [5, 5.41) is 21.6. The Labute approximate surface area is 202 Å². The van der Waals surface area contributed by atoms with Crippen LogP contribution in [0.5, 0.6) is 11.5 Å². The molecule has 2 aromatic rings. The highest BCUT2D eigenvalue weighted by atomic mass is 35.5. The molecule has 0 aliphatic carbocycles. The molecule has 0 bridgehead atoms. The van der Waals surface area contributed by atoms with Crippen LogP contribution in [-0.4, -0.2) is 42.4 Å². The number of esters is 1. The number of methoxy groups -OCH3 is 2. The van der Waals surface area contributed by atoms with Crippen molar-refractivity contribution in [2.75, 3.05) is 14.2 Å². The number of amides is 1. The lowest BCUT2D eigenvalue weighted by molar-refractivity contribution is -0.384. The Morgan fingerprint density at radius 2 is 2.00 bits per heavy atom. The number of carbonyl (C=O) groups excluding carboxylic acids is 2. The highest BCUT2D eigenvalue weighted by molar-refractivity contribution is 8.18. The molecule has 2 aromatic carbocycles. The van der Waals surface area contributed by atoms with Gasteiger partial charge in [-0.2, -0.15) is 5.10 Å². The van der Waals surface area contributed by atoms with E-state index in [-0.39, 0.29) is 33.1 Å². The van der Waals surface area contributed by atoms with E-state index in [4.69, 9.17) is 21.1 Å². The minimum Gasteiger partial charge on any atom is -0.496 e. The van der Waals surface area contributed by atoms with Crippen molar-refractivity contribution in [3.05, 3.63) is 73.6 Å². The first-order valence-corrected chi connectivity index (χ1v) is 10.6. The first-order valence-electron chi connectivity index (χ1n) is 9.44. The van der Waals surface area contributed by atoms with Crippen LogP contribution in [0, 0.1) is 10.1 Å². The van der Waals surface area contributed by atoms with Gasteiger partial charge in [0.15, 0.2) is 5.17 Å². The Bertz CT molecular complexity index is 1230. The molecule has 176 valence electrons. The zero-order chi connectivity index (χ0) is 24.7. The maximum absolute atomic E-state index is 11.8. The Kier molecular flexibility index (Phi) is 8.22. The number of hydrogen-bond donors (Lipinski definition) is 1. The third kappa shape index (κ3) is 6.33. The first-order chi connectivity index (χ1) is 16.3. The molecular formula is C21H17ClN4O7S. The van der Waals surface area contributed by atoms with Gasteiger partial charge in [-0.25, -0.2) is 4.79 Å². The van der Waals surface area contributed by atoms with Crippen LogP contribution in [0.15, 0.2) is 57.6 Å². The van der Waals surface area contributed by atoms with Gasteiger partial charge in [0.1, 0.15) is 18.1 Å². The van der Waals surface area contributed by atoms with Crippen molar-refractivity contribution in [3.63, 3.8) is 0 Å². The van der Waals surface area contributed by atoms with E-state index < -0.39 is 16.8 Å². The number of nitro benzene ring substituents is 1. The summed E-state index contributed by atoms with van der Waals surface area (Å²) in [4.78, 5) is 33.6. The van der Waals surface area contributed by atoms with Gasteiger partial charge in [-0.1, -0.05) is 11.6 Å². The molecule has 3 rings (SSSR count). The number of nitrogens with zero attached hydrogens (tertiary/aromatic N) is 3. The van der Waals surface area contributed by atoms with Crippen LogP contribution in [0.2, 0.25) is 5.02 Å². The molecule has 13 heteroatoms. The molecule has 11 nitrogen and oxygen atoms in total. The maximum Gasteiger partial charge on any atom is 0.331 e. The predicted octanol–water partition coefficient (Wildman–Crippen LogP) is 3.45. The Morgan fingerprint density at radius 3 is 2.68 bits per heavy atom. The standard InChI is InChI=1S/C21H17ClN4O7S/c1-31-16-5-3-12(10-23-25-21-24-20(28)18(34-21)9-19(27)32-2)7-13(16)11-33-17-6-4-14(26(29)30)8-15(17)22/h3-10H,11H2,1-2H3,(H,24,25,28)/b18-9+,23-10?. The molecule has 0 aromatic heterocycles. The molecule has 1 fully saturated rings. The Hall–Kier alpha value is -3.90. The number of nitrogens with one attached hydrogen (secondary N) is 1. The van der Waals surface area contributed by atoms with Crippen molar-refractivity contribution in [2.45, 2.75) is 6.61 Å². The van der Waals surface area contributed by atoms with E-state index in [1.165, 1.54) is 38.6 Å². The fraction of sp³-hybridized carbons (Fsp3) is 0.143. The Balaban J connectivity index is 1.71. The largest absolute Gasteiger partial charge is 0.496 e. The monoisotopic (exact) mass is 504 g/mol. The van der Waals surface area contributed by atoms with E-state index in [1.54, 1.807) is 18.2 Å². The first kappa shape index (κ1) is 24.7. The van der Waals surface area contributed by atoms with Crippen LogP contribution in [0.25, 0.3) is 0 Å². The summed E-state index contributed by atoms with van der Waals surface area (Å²) < 4.78 is 15.6. The lowest BCUT2D eigenvalue weighted by atomic mass is 10.1. The van der Waals surface area contributed by atoms with Crippen molar-refractivity contribution in [1.82, 2.24) is 5.32 Å². The second kappa shape index (κ2) is 11.3. The molecule has 0 radical (unpaired) electrons. The van der Waals surface area contributed by atoms with Gasteiger partial charge in [0.25, 0.3) is 11.6 Å². The van der Waals surface area contributed by atoms with E-state index in [2.05, 4.69) is 20.3 Å². The van der Waals surface area contributed by atoms with Crippen molar-refractivity contribution in [3.8, 4) is 11.5 Å². The lowest BCUT2D eigenvalue weighted by Crippen LogP contribution is -2.19. The predicted molar refractivity (Wildman–Crippen MR) is 126 cm³/mol. The third-order valence-electron chi connectivity index (χ3n) is 4.27. The number of benzene rings is 2. The van der Waals surface area contributed by atoms with Crippen LogP contribution in [0.3, 0.4) is 0 Å². The van der Waals surface area contributed by atoms with Crippen molar-refractivity contribution >= 4 is 52.3 Å². The van der Waals surface area contributed by atoms with Gasteiger partial charge in [0.2, 0.25) is 0 Å². The normalized spacial score (nSPS) is 15.6. The topological polar surface area (TPSA) is 142 Å². The molecule has 1 N–H and O–H groups in total. The van der Waals surface area contributed by atoms with E-state index >= 15 is 0 Å². The number of amidine groups is 1. The van der Waals surface area contributed by atoms with Gasteiger partial charge in [-0.15, -0.1) is 5.10 Å². The smallest absolute Gasteiger partial charge is 0.331 e. The number of halogens is 1. The van der Waals surface area contributed by atoms with Gasteiger partial charge < -0.3 is 14.2 Å². The molecule has 0 atom stereocenters. The second-order valence-corrected chi connectivity index (χ2v) is 7.91.